The third-order valence-electron chi connectivity index (χ3n) is 4.60. The van der Waals surface area contributed by atoms with Crippen molar-refractivity contribution in [2.45, 2.75) is 20.5 Å². The van der Waals surface area contributed by atoms with Crippen molar-refractivity contribution >= 4 is 28.5 Å². The van der Waals surface area contributed by atoms with Crippen LogP contribution in [0.15, 0.2) is 62.4 Å². The van der Waals surface area contributed by atoms with Gasteiger partial charge in [-0.15, -0.1) is 0 Å². The Morgan fingerprint density at radius 3 is 2.48 bits per heavy atom. The topological polar surface area (TPSA) is 102 Å². The maximum Gasteiger partial charge on any atom is 0.235 e. The molecule has 0 N–H and O–H groups in total. The van der Waals surface area contributed by atoms with Crippen LogP contribution in [0.4, 0.5) is 0 Å². The number of fused-ring (bicyclic) bond motifs is 1. The molecular weight excluding hydrogens is 424 g/mol. The van der Waals surface area contributed by atoms with Gasteiger partial charge >= 0.3 is 0 Å². The molecule has 2 aromatic carbocycles. The van der Waals surface area contributed by atoms with E-state index in [0.717, 1.165) is 11.1 Å². The maximum absolute atomic E-state index is 12.8. The molecule has 0 radical (unpaired) electrons. The van der Waals surface area contributed by atoms with E-state index in [9.17, 15) is 14.7 Å². The minimum atomic E-state index is -1.40. The first-order valence-electron chi connectivity index (χ1n) is 9.25. The summed E-state index contributed by atoms with van der Waals surface area (Å²) in [6.45, 7) is 3.71. The second-order valence-electron chi connectivity index (χ2n) is 6.90. The summed E-state index contributed by atoms with van der Waals surface area (Å²) < 4.78 is 22.0. The lowest BCUT2D eigenvalue weighted by Crippen LogP contribution is -2.21. The van der Waals surface area contributed by atoms with Crippen molar-refractivity contribution in [3.05, 3.63) is 86.6 Å². The van der Waals surface area contributed by atoms with Crippen LogP contribution in [0.5, 0.6) is 17.2 Å². The van der Waals surface area contributed by atoms with Gasteiger partial charge in [0.15, 0.2) is 0 Å². The van der Waals surface area contributed by atoms with Crippen LogP contribution in [0.1, 0.15) is 27.4 Å². The molecule has 0 aliphatic carbocycles. The van der Waals surface area contributed by atoms with Gasteiger partial charge in [0.2, 0.25) is 11.2 Å². The fraction of sp³-hybridized carbons (Fsp3) is 0.130. The number of carbonyl (C=O) groups is 1. The molecule has 0 bridgehead atoms. The number of ether oxygens (including phenoxy) is 2. The van der Waals surface area contributed by atoms with Gasteiger partial charge in [-0.3, -0.25) is 4.79 Å². The highest BCUT2D eigenvalue weighted by Crippen LogP contribution is 2.29. The number of rotatable bonds is 6. The minimum Gasteiger partial charge on any atom is -0.542 e. The molecule has 0 saturated heterocycles. The highest BCUT2D eigenvalue weighted by molar-refractivity contribution is 6.32. The van der Waals surface area contributed by atoms with E-state index in [1.54, 1.807) is 30.3 Å². The standard InChI is InChI=1S/C23H17ClO7/c1-12-7-16(8-13(2)21(12)24)31-20-11-29-19-9-14(3-5-17(19)22(20)25)28-10-15-4-6-18(30-15)23(26)27/h3-9,11H,10H2,1-2H3,(H,26,27)/p-1. The highest BCUT2D eigenvalue weighted by atomic mass is 35.5. The molecule has 0 spiro atoms. The molecule has 2 heterocycles. The Bertz CT molecular complexity index is 1330. The number of carbonyl (C=O) groups excluding carboxylic acids is 1. The largest absolute Gasteiger partial charge is 0.542 e. The molecule has 0 amide bonds. The van der Waals surface area contributed by atoms with E-state index in [0.29, 0.717) is 33.3 Å². The molecule has 0 unspecified atom stereocenters. The Labute approximate surface area is 181 Å². The van der Waals surface area contributed by atoms with E-state index < -0.39 is 5.97 Å². The van der Waals surface area contributed by atoms with Gasteiger partial charge in [0.05, 0.1) is 5.39 Å². The summed E-state index contributed by atoms with van der Waals surface area (Å²) in [6, 6.07) is 11.0. The molecule has 4 aromatic rings. The SMILES string of the molecule is Cc1cc(Oc2coc3cc(OCc4ccc(C(=O)[O-])o4)ccc3c2=O)cc(C)c1Cl. The minimum absolute atomic E-state index is 0.000513. The number of furan rings is 1. The van der Waals surface area contributed by atoms with Crippen LogP contribution in [0.2, 0.25) is 5.02 Å². The molecule has 8 heteroatoms. The molecule has 0 aliphatic rings. The van der Waals surface area contributed by atoms with Crippen LogP contribution in [0.25, 0.3) is 11.0 Å². The van der Waals surface area contributed by atoms with Gasteiger partial charge in [-0.1, -0.05) is 11.6 Å². The number of halogens is 1. The van der Waals surface area contributed by atoms with Gasteiger partial charge in [0, 0.05) is 11.1 Å². The normalized spacial score (nSPS) is 10.9. The quantitative estimate of drug-likeness (QED) is 0.439. The van der Waals surface area contributed by atoms with Crippen LogP contribution >= 0.6 is 11.6 Å². The molecule has 158 valence electrons. The molecule has 7 nitrogen and oxygen atoms in total. The summed E-state index contributed by atoms with van der Waals surface area (Å²) in [6.07, 6.45) is 1.24. The number of carboxylic acids is 1. The zero-order chi connectivity index (χ0) is 22.1. The first-order chi connectivity index (χ1) is 14.8. The van der Waals surface area contributed by atoms with Crippen molar-refractivity contribution in [2.24, 2.45) is 0 Å². The van der Waals surface area contributed by atoms with E-state index in [4.69, 9.17) is 29.9 Å². The van der Waals surface area contributed by atoms with Gasteiger partial charge in [-0.05, 0) is 61.4 Å². The van der Waals surface area contributed by atoms with Gasteiger partial charge in [0.1, 0.15) is 47.4 Å². The summed E-state index contributed by atoms with van der Waals surface area (Å²) in [5.41, 5.74) is 1.66. The molecule has 0 saturated carbocycles. The van der Waals surface area contributed by atoms with Gasteiger partial charge < -0.3 is 28.2 Å². The summed E-state index contributed by atoms with van der Waals surface area (Å²) in [5, 5.41) is 11.7. The van der Waals surface area contributed by atoms with Crippen molar-refractivity contribution < 1.29 is 28.2 Å². The maximum atomic E-state index is 12.8. The van der Waals surface area contributed by atoms with E-state index >= 15 is 0 Å². The van der Waals surface area contributed by atoms with Crippen LogP contribution in [-0.4, -0.2) is 5.97 Å². The second kappa shape index (κ2) is 8.20. The third kappa shape index (κ3) is 4.27. The van der Waals surface area contributed by atoms with E-state index in [-0.39, 0.29) is 23.5 Å². The number of hydrogen-bond acceptors (Lipinski definition) is 7. The number of hydrogen-bond donors (Lipinski definition) is 0. The Hall–Kier alpha value is -3.71. The fourth-order valence-electron chi connectivity index (χ4n) is 3.06. The number of aromatic carboxylic acids is 1. The Morgan fingerprint density at radius 2 is 1.81 bits per heavy atom. The zero-order valence-electron chi connectivity index (χ0n) is 16.6. The van der Waals surface area contributed by atoms with Crippen molar-refractivity contribution in [3.8, 4) is 17.2 Å². The number of benzene rings is 2. The smallest absolute Gasteiger partial charge is 0.235 e. The average Bonchev–Trinajstić information content (AvgIpc) is 3.22. The predicted octanol–water partition coefficient (Wildman–Crippen LogP) is 4.39. The van der Waals surface area contributed by atoms with Crippen molar-refractivity contribution in [3.63, 3.8) is 0 Å². The zero-order valence-corrected chi connectivity index (χ0v) is 17.3. The molecule has 0 aliphatic heterocycles. The Morgan fingerprint density at radius 1 is 1.06 bits per heavy atom. The van der Waals surface area contributed by atoms with Crippen molar-refractivity contribution in [1.29, 1.82) is 0 Å². The number of aryl methyl sites for hydroxylation is 2. The fourth-order valence-corrected chi connectivity index (χ4v) is 3.17. The first-order valence-corrected chi connectivity index (χ1v) is 9.62. The van der Waals surface area contributed by atoms with E-state index in [1.165, 1.54) is 18.4 Å². The monoisotopic (exact) mass is 439 g/mol. The third-order valence-corrected chi connectivity index (χ3v) is 5.19. The van der Waals surface area contributed by atoms with Gasteiger partial charge in [0.25, 0.3) is 0 Å². The lowest BCUT2D eigenvalue weighted by atomic mass is 10.1. The Kier molecular flexibility index (Phi) is 5.44. The van der Waals surface area contributed by atoms with Gasteiger partial charge in [-0.2, -0.15) is 0 Å². The van der Waals surface area contributed by atoms with Crippen LogP contribution < -0.4 is 20.0 Å². The average molecular weight is 440 g/mol. The highest BCUT2D eigenvalue weighted by Gasteiger charge is 2.12. The molecule has 31 heavy (non-hydrogen) atoms. The molecule has 0 atom stereocenters. The van der Waals surface area contributed by atoms with Crippen LogP contribution in [-0.2, 0) is 6.61 Å². The van der Waals surface area contributed by atoms with Crippen LogP contribution in [0.3, 0.4) is 0 Å². The second-order valence-corrected chi connectivity index (χ2v) is 7.28. The molecule has 0 fully saturated rings. The predicted molar refractivity (Wildman–Crippen MR) is 111 cm³/mol. The molecular formula is C23H16ClO7-. The lowest BCUT2D eigenvalue weighted by molar-refractivity contribution is -0.257. The molecule has 4 rings (SSSR count). The Balaban J connectivity index is 1.55. The number of carboxylic acid groups (broad SMARTS) is 1. The summed E-state index contributed by atoms with van der Waals surface area (Å²) >= 11 is 6.17. The van der Waals surface area contributed by atoms with Crippen molar-refractivity contribution in [1.82, 2.24) is 0 Å². The summed E-state index contributed by atoms with van der Waals surface area (Å²) in [4.78, 5) is 23.6. The summed E-state index contributed by atoms with van der Waals surface area (Å²) in [5.74, 6) is -0.409. The van der Waals surface area contributed by atoms with Crippen molar-refractivity contribution in [2.75, 3.05) is 0 Å². The first kappa shape index (κ1) is 20.6. The summed E-state index contributed by atoms with van der Waals surface area (Å²) in [7, 11) is 0. The molecule has 2 aromatic heterocycles. The van der Waals surface area contributed by atoms with E-state index in [2.05, 4.69) is 0 Å². The lowest BCUT2D eigenvalue weighted by Gasteiger charge is -2.10. The van der Waals surface area contributed by atoms with Gasteiger partial charge in [-0.25, -0.2) is 0 Å². The van der Waals surface area contributed by atoms with Crippen LogP contribution in [0, 0.1) is 13.8 Å². The van der Waals surface area contributed by atoms with E-state index in [1.807, 2.05) is 13.8 Å².